The molecular weight excluding hydrogens is 216 g/mol. The lowest BCUT2D eigenvalue weighted by Gasteiger charge is -2.30. The van der Waals surface area contributed by atoms with Gasteiger partial charge in [-0.25, -0.2) is 0 Å². The van der Waals surface area contributed by atoms with Crippen LogP contribution in [0.1, 0.15) is 25.3 Å². The van der Waals surface area contributed by atoms with E-state index >= 15 is 0 Å². The average molecular weight is 236 g/mol. The van der Waals surface area contributed by atoms with Gasteiger partial charge in [0.2, 0.25) is 5.91 Å². The standard InChI is InChI=1S/C12H20N4O/c1-3-12(4-5-13-9-12)11(17)16(2)8-10-6-14-15-7-10/h6-7,13H,3-5,8-9H2,1-2H3,(H,14,15). The molecule has 0 aliphatic carbocycles. The van der Waals surface area contributed by atoms with Crippen molar-refractivity contribution in [1.29, 1.82) is 0 Å². The molecule has 0 radical (unpaired) electrons. The van der Waals surface area contributed by atoms with Crippen molar-refractivity contribution in [1.82, 2.24) is 20.4 Å². The minimum Gasteiger partial charge on any atom is -0.341 e. The van der Waals surface area contributed by atoms with E-state index in [1.165, 1.54) is 0 Å². The van der Waals surface area contributed by atoms with Crippen LogP contribution < -0.4 is 5.32 Å². The Hall–Kier alpha value is -1.36. The van der Waals surface area contributed by atoms with E-state index in [0.717, 1.165) is 31.5 Å². The first-order valence-electron chi connectivity index (χ1n) is 6.12. The lowest BCUT2D eigenvalue weighted by molar-refractivity contribution is -0.140. The Balaban J connectivity index is 2.03. The van der Waals surface area contributed by atoms with E-state index in [4.69, 9.17) is 0 Å². The van der Waals surface area contributed by atoms with Gasteiger partial charge < -0.3 is 10.2 Å². The third-order valence-electron chi connectivity index (χ3n) is 3.70. The number of aromatic amines is 1. The smallest absolute Gasteiger partial charge is 0.230 e. The van der Waals surface area contributed by atoms with Gasteiger partial charge in [-0.1, -0.05) is 6.92 Å². The van der Waals surface area contributed by atoms with Gasteiger partial charge in [-0.2, -0.15) is 5.10 Å². The number of nitrogens with zero attached hydrogens (tertiary/aromatic N) is 2. The number of amides is 1. The second kappa shape index (κ2) is 4.87. The van der Waals surface area contributed by atoms with Gasteiger partial charge in [0.25, 0.3) is 0 Å². The van der Waals surface area contributed by atoms with Gasteiger partial charge in [-0.05, 0) is 19.4 Å². The highest BCUT2D eigenvalue weighted by molar-refractivity contribution is 5.83. The fourth-order valence-corrected chi connectivity index (χ4v) is 2.49. The first-order chi connectivity index (χ1) is 8.18. The van der Waals surface area contributed by atoms with Gasteiger partial charge in [-0.15, -0.1) is 0 Å². The van der Waals surface area contributed by atoms with E-state index in [1.54, 1.807) is 11.1 Å². The third kappa shape index (κ3) is 2.34. The van der Waals surface area contributed by atoms with Crippen molar-refractivity contribution >= 4 is 5.91 Å². The minimum absolute atomic E-state index is 0.196. The van der Waals surface area contributed by atoms with Crippen LogP contribution >= 0.6 is 0 Å². The van der Waals surface area contributed by atoms with Crippen molar-refractivity contribution in [2.24, 2.45) is 5.41 Å². The summed E-state index contributed by atoms with van der Waals surface area (Å²) in [4.78, 5) is 14.3. The highest BCUT2D eigenvalue weighted by Crippen LogP contribution is 2.31. The number of H-pyrrole nitrogens is 1. The molecule has 5 heteroatoms. The maximum absolute atomic E-state index is 12.5. The van der Waals surface area contributed by atoms with E-state index in [0.29, 0.717) is 6.54 Å². The van der Waals surface area contributed by atoms with Crippen LogP contribution in [0.4, 0.5) is 0 Å². The minimum atomic E-state index is -0.196. The van der Waals surface area contributed by atoms with E-state index in [-0.39, 0.29) is 11.3 Å². The monoisotopic (exact) mass is 236 g/mol. The third-order valence-corrected chi connectivity index (χ3v) is 3.70. The Kier molecular flexibility index (Phi) is 3.47. The van der Waals surface area contributed by atoms with Gasteiger partial charge in [0.05, 0.1) is 11.6 Å². The molecule has 1 amide bonds. The highest BCUT2D eigenvalue weighted by atomic mass is 16.2. The summed E-state index contributed by atoms with van der Waals surface area (Å²) in [6.07, 6.45) is 5.43. The zero-order chi connectivity index (χ0) is 12.3. The SMILES string of the molecule is CCC1(C(=O)N(C)Cc2cn[nH]c2)CCNC1. The predicted molar refractivity (Wildman–Crippen MR) is 65.3 cm³/mol. The van der Waals surface area contributed by atoms with E-state index in [2.05, 4.69) is 22.4 Å². The molecule has 1 aliphatic rings. The number of carbonyl (C=O) groups excluding carboxylic acids is 1. The summed E-state index contributed by atoms with van der Waals surface area (Å²) in [6.45, 7) is 4.46. The molecule has 2 rings (SSSR count). The maximum Gasteiger partial charge on any atom is 0.230 e. The van der Waals surface area contributed by atoms with Crippen LogP contribution in [-0.4, -0.2) is 41.1 Å². The number of nitrogens with one attached hydrogen (secondary N) is 2. The topological polar surface area (TPSA) is 61.0 Å². The molecule has 1 unspecified atom stereocenters. The summed E-state index contributed by atoms with van der Waals surface area (Å²) < 4.78 is 0. The molecule has 2 heterocycles. The second-order valence-corrected chi connectivity index (χ2v) is 4.83. The molecule has 1 fully saturated rings. The van der Waals surface area contributed by atoms with Gasteiger partial charge in [0, 0.05) is 31.9 Å². The number of hydrogen-bond donors (Lipinski definition) is 2. The van der Waals surface area contributed by atoms with Gasteiger partial charge in [-0.3, -0.25) is 9.89 Å². The molecule has 1 aromatic rings. The van der Waals surface area contributed by atoms with E-state index in [9.17, 15) is 4.79 Å². The molecule has 2 N–H and O–H groups in total. The van der Waals surface area contributed by atoms with Crippen LogP contribution in [0.25, 0.3) is 0 Å². The van der Waals surface area contributed by atoms with Crippen molar-refractivity contribution in [2.45, 2.75) is 26.3 Å². The Bertz CT molecular complexity index is 368. The molecule has 1 atom stereocenters. The predicted octanol–water partition coefficient (Wildman–Crippen LogP) is 0.758. The van der Waals surface area contributed by atoms with E-state index in [1.807, 2.05) is 13.2 Å². The summed E-state index contributed by atoms with van der Waals surface area (Å²) in [7, 11) is 1.87. The average Bonchev–Trinajstić information content (AvgIpc) is 2.99. The number of rotatable bonds is 4. The summed E-state index contributed by atoms with van der Waals surface area (Å²) in [5, 5.41) is 9.95. The quantitative estimate of drug-likeness (QED) is 0.811. The van der Waals surface area contributed by atoms with Crippen LogP contribution in [0.3, 0.4) is 0 Å². The summed E-state index contributed by atoms with van der Waals surface area (Å²) in [5.74, 6) is 0.242. The molecule has 0 spiro atoms. The number of carbonyl (C=O) groups is 1. The lowest BCUT2D eigenvalue weighted by Crippen LogP contribution is -2.42. The Morgan fingerprint density at radius 3 is 3.00 bits per heavy atom. The van der Waals surface area contributed by atoms with Crippen LogP contribution in [0.15, 0.2) is 12.4 Å². The van der Waals surface area contributed by atoms with Crippen molar-refractivity contribution in [3.8, 4) is 0 Å². The highest BCUT2D eigenvalue weighted by Gasteiger charge is 2.41. The van der Waals surface area contributed by atoms with Crippen molar-refractivity contribution in [3.63, 3.8) is 0 Å². The number of hydrogen-bond acceptors (Lipinski definition) is 3. The molecule has 0 saturated carbocycles. The molecular formula is C12H20N4O. The molecule has 5 nitrogen and oxygen atoms in total. The van der Waals surface area contributed by atoms with Crippen molar-refractivity contribution < 1.29 is 4.79 Å². The van der Waals surface area contributed by atoms with E-state index < -0.39 is 0 Å². The molecule has 1 aliphatic heterocycles. The van der Waals surface area contributed by atoms with Crippen LogP contribution in [-0.2, 0) is 11.3 Å². The molecule has 0 aromatic carbocycles. The maximum atomic E-state index is 12.5. The van der Waals surface area contributed by atoms with Gasteiger partial charge >= 0.3 is 0 Å². The normalized spacial score (nSPS) is 23.9. The summed E-state index contributed by atoms with van der Waals surface area (Å²) >= 11 is 0. The summed E-state index contributed by atoms with van der Waals surface area (Å²) in [6, 6.07) is 0. The Morgan fingerprint density at radius 1 is 1.65 bits per heavy atom. The number of aromatic nitrogens is 2. The fraction of sp³-hybridized carbons (Fsp3) is 0.667. The molecule has 0 bridgehead atoms. The zero-order valence-electron chi connectivity index (χ0n) is 10.5. The van der Waals surface area contributed by atoms with Gasteiger partial charge in [0.1, 0.15) is 0 Å². The van der Waals surface area contributed by atoms with Crippen LogP contribution in [0.2, 0.25) is 0 Å². The van der Waals surface area contributed by atoms with Crippen LogP contribution in [0, 0.1) is 5.41 Å². The molecule has 1 saturated heterocycles. The Labute approximate surface area is 102 Å². The Morgan fingerprint density at radius 2 is 2.47 bits per heavy atom. The second-order valence-electron chi connectivity index (χ2n) is 4.83. The summed E-state index contributed by atoms with van der Waals surface area (Å²) in [5.41, 5.74) is 0.844. The molecule has 17 heavy (non-hydrogen) atoms. The first kappa shape index (κ1) is 12.1. The fourth-order valence-electron chi connectivity index (χ4n) is 2.49. The molecule has 1 aromatic heterocycles. The largest absolute Gasteiger partial charge is 0.341 e. The molecule has 94 valence electrons. The first-order valence-corrected chi connectivity index (χ1v) is 6.12. The van der Waals surface area contributed by atoms with Gasteiger partial charge in [0.15, 0.2) is 0 Å². The lowest BCUT2D eigenvalue weighted by atomic mass is 9.83. The van der Waals surface area contributed by atoms with Crippen molar-refractivity contribution in [2.75, 3.05) is 20.1 Å². The zero-order valence-corrected chi connectivity index (χ0v) is 10.5. The van der Waals surface area contributed by atoms with Crippen molar-refractivity contribution in [3.05, 3.63) is 18.0 Å². The van der Waals surface area contributed by atoms with Crippen LogP contribution in [0.5, 0.6) is 0 Å².